The van der Waals surface area contributed by atoms with Gasteiger partial charge >= 0.3 is 5.97 Å². The minimum atomic E-state index is -0.390. The summed E-state index contributed by atoms with van der Waals surface area (Å²) in [7, 11) is 1.32. The molecule has 0 saturated carbocycles. The van der Waals surface area contributed by atoms with Crippen LogP contribution in [0.25, 0.3) is 0 Å². The number of carbonyl (C=O) groups excluding carboxylic acids is 1. The largest absolute Gasteiger partial charge is 0.482 e. The molecular formula is C9H9O3. The lowest BCUT2D eigenvalue weighted by molar-refractivity contribution is -0.142. The Morgan fingerprint density at radius 3 is 3.08 bits per heavy atom. The molecule has 0 spiro atoms. The normalized spacial score (nSPS) is 9.08. The summed E-state index contributed by atoms with van der Waals surface area (Å²) in [5.41, 5.74) is 0. The first-order chi connectivity index (χ1) is 5.83. The van der Waals surface area contributed by atoms with Crippen LogP contribution in [0.1, 0.15) is 0 Å². The Morgan fingerprint density at radius 2 is 2.50 bits per heavy atom. The monoisotopic (exact) mass is 165 g/mol. The molecule has 0 N–H and O–H groups in total. The van der Waals surface area contributed by atoms with E-state index < -0.39 is 0 Å². The van der Waals surface area contributed by atoms with Crippen molar-refractivity contribution in [2.45, 2.75) is 0 Å². The van der Waals surface area contributed by atoms with E-state index in [1.165, 1.54) is 7.11 Å². The van der Waals surface area contributed by atoms with Gasteiger partial charge in [-0.15, -0.1) is 0 Å². The molecule has 0 saturated heterocycles. The average molecular weight is 165 g/mol. The van der Waals surface area contributed by atoms with Gasteiger partial charge in [0, 0.05) is 0 Å². The van der Waals surface area contributed by atoms with E-state index in [2.05, 4.69) is 10.8 Å². The Balaban J connectivity index is 2.38. The van der Waals surface area contributed by atoms with Gasteiger partial charge in [0.15, 0.2) is 6.61 Å². The van der Waals surface area contributed by atoms with E-state index in [9.17, 15) is 4.79 Å². The summed E-state index contributed by atoms with van der Waals surface area (Å²) in [5.74, 6) is 0.224. The van der Waals surface area contributed by atoms with Gasteiger partial charge in [-0.1, -0.05) is 12.1 Å². The topological polar surface area (TPSA) is 35.5 Å². The molecule has 0 amide bonds. The Labute approximate surface area is 70.9 Å². The van der Waals surface area contributed by atoms with Crippen molar-refractivity contribution in [3.63, 3.8) is 0 Å². The lowest BCUT2D eigenvalue weighted by Gasteiger charge is -2.02. The molecule has 0 aromatic heterocycles. The number of hydrogen-bond donors (Lipinski definition) is 0. The molecule has 0 aliphatic heterocycles. The number of carbonyl (C=O) groups is 1. The SMILES string of the molecule is COC(=O)COc1c[c]ccc1. The van der Waals surface area contributed by atoms with E-state index in [-0.39, 0.29) is 12.6 Å². The highest BCUT2D eigenvalue weighted by Gasteiger charge is 1.99. The maximum Gasteiger partial charge on any atom is 0.343 e. The molecule has 1 aromatic rings. The van der Waals surface area contributed by atoms with Crippen molar-refractivity contribution in [1.82, 2.24) is 0 Å². The molecular weight excluding hydrogens is 156 g/mol. The van der Waals surface area contributed by atoms with Crippen LogP contribution in [0.2, 0.25) is 0 Å². The summed E-state index contributed by atoms with van der Waals surface area (Å²) in [6, 6.07) is 9.77. The molecule has 0 fully saturated rings. The first-order valence-corrected chi connectivity index (χ1v) is 3.48. The molecule has 3 nitrogen and oxygen atoms in total. The highest BCUT2D eigenvalue weighted by atomic mass is 16.6. The molecule has 1 aromatic carbocycles. The second-order valence-corrected chi connectivity index (χ2v) is 2.10. The molecule has 0 bridgehead atoms. The van der Waals surface area contributed by atoms with Crippen molar-refractivity contribution < 1.29 is 14.3 Å². The van der Waals surface area contributed by atoms with E-state index in [0.717, 1.165) is 0 Å². The van der Waals surface area contributed by atoms with Gasteiger partial charge in [-0.3, -0.25) is 0 Å². The Hall–Kier alpha value is -1.51. The predicted octanol–water partition coefficient (Wildman–Crippen LogP) is 1.04. The average Bonchev–Trinajstić information content (AvgIpc) is 2.16. The molecule has 0 heterocycles. The second-order valence-electron chi connectivity index (χ2n) is 2.10. The third-order valence-corrected chi connectivity index (χ3v) is 1.26. The molecule has 1 radical (unpaired) electrons. The van der Waals surface area contributed by atoms with Crippen LogP contribution in [0, 0.1) is 6.07 Å². The summed E-state index contributed by atoms with van der Waals surface area (Å²) in [4.78, 5) is 10.6. The zero-order valence-corrected chi connectivity index (χ0v) is 6.74. The van der Waals surface area contributed by atoms with Crippen molar-refractivity contribution >= 4 is 5.97 Å². The molecule has 0 unspecified atom stereocenters. The molecule has 3 heteroatoms. The fraction of sp³-hybridized carbons (Fsp3) is 0.222. The molecule has 12 heavy (non-hydrogen) atoms. The van der Waals surface area contributed by atoms with Crippen LogP contribution in [0.4, 0.5) is 0 Å². The summed E-state index contributed by atoms with van der Waals surface area (Å²) >= 11 is 0. The highest BCUT2D eigenvalue weighted by Crippen LogP contribution is 2.07. The Kier molecular flexibility index (Phi) is 3.14. The van der Waals surface area contributed by atoms with Crippen molar-refractivity contribution in [2.75, 3.05) is 13.7 Å². The van der Waals surface area contributed by atoms with Crippen molar-refractivity contribution in [3.8, 4) is 5.75 Å². The minimum Gasteiger partial charge on any atom is -0.482 e. The van der Waals surface area contributed by atoms with Crippen LogP contribution in [0.3, 0.4) is 0 Å². The van der Waals surface area contributed by atoms with Crippen molar-refractivity contribution in [1.29, 1.82) is 0 Å². The van der Waals surface area contributed by atoms with E-state index in [1.54, 1.807) is 24.3 Å². The zero-order chi connectivity index (χ0) is 8.81. The third kappa shape index (κ3) is 2.62. The van der Waals surface area contributed by atoms with Crippen LogP contribution in [-0.2, 0) is 9.53 Å². The fourth-order valence-corrected chi connectivity index (χ4v) is 0.668. The van der Waals surface area contributed by atoms with Gasteiger partial charge in [-0.2, -0.15) is 0 Å². The maximum atomic E-state index is 10.6. The van der Waals surface area contributed by atoms with Crippen LogP contribution in [0.15, 0.2) is 24.3 Å². The molecule has 0 aliphatic carbocycles. The van der Waals surface area contributed by atoms with Crippen LogP contribution < -0.4 is 4.74 Å². The van der Waals surface area contributed by atoms with Gasteiger partial charge in [0.05, 0.1) is 7.11 Å². The van der Waals surface area contributed by atoms with Gasteiger partial charge in [-0.25, -0.2) is 4.79 Å². The summed E-state index contributed by atoms with van der Waals surface area (Å²) in [5, 5.41) is 0. The number of ether oxygens (including phenoxy) is 2. The quantitative estimate of drug-likeness (QED) is 0.628. The molecule has 1 rings (SSSR count). The summed E-state index contributed by atoms with van der Waals surface area (Å²) in [6.45, 7) is -0.0612. The van der Waals surface area contributed by atoms with E-state index in [1.807, 2.05) is 0 Å². The van der Waals surface area contributed by atoms with Crippen LogP contribution >= 0.6 is 0 Å². The number of methoxy groups -OCH3 is 1. The molecule has 0 aliphatic rings. The number of esters is 1. The van der Waals surface area contributed by atoms with E-state index in [0.29, 0.717) is 5.75 Å². The lowest BCUT2D eigenvalue weighted by Crippen LogP contribution is -2.12. The van der Waals surface area contributed by atoms with Crippen molar-refractivity contribution in [2.24, 2.45) is 0 Å². The smallest absolute Gasteiger partial charge is 0.343 e. The predicted molar refractivity (Wildman–Crippen MR) is 42.8 cm³/mol. The van der Waals surface area contributed by atoms with E-state index in [4.69, 9.17) is 4.74 Å². The number of benzene rings is 1. The van der Waals surface area contributed by atoms with Gasteiger partial charge in [0.25, 0.3) is 0 Å². The van der Waals surface area contributed by atoms with Gasteiger partial charge in [0.2, 0.25) is 0 Å². The van der Waals surface area contributed by atoms with Gasteiger partial charge < -0.3 is 9.47 Å². The number of rotatable bonds is 3. The minimum absolute atomic E-state index is 0.0612. The van der Waals surface area contributed by atoms with Gasteiger partial charge in [0.1, 0.15) is 5.75 Å². The lowest BCUT2D eigenvalue weighted by atomic mass is 10.3. The third-order valence-electron chi connectivity index (χ3n) is 1.26. The Bertz CT molecular complexity index is 243. The van der Waals surface area contributed by atoms with Crippen LogP contribution in [-0.4, -0.2) is 19.7 Å². The highest BCUT2D eigenvalue weighted by molar-refractivity contribution is 5.70. The first kappa shape index (κ1) is 8.59. The van der Waals surface area contributed by atoms with Crippen molar-refractivity contribution in [3.05, 3.63) is 30.3 Å². The fourth-order valence-electron chi connectivity index (χ4n) is 0.668. The second kappa shape index (κ2) is 4.38. The molecule has 0 atom stereocenters. The summed E-state index contributed by atoms with van der Waals surface area (Å²) < 4.78 is 9.45. The number of hydrogen-bond acceptors (Lipinski definition) is 3. The molecule has 63 valence electrons. The first-order valence-electron chi connectivity index (χ1n) is 3.48. The Morgan fingerprint density at radius 1 is 1.67 bits per heavy atom. The van der Waals surface area contributed by atoms with Gasteiger partial charge in [-0.05, 0) is 18.2 Å². The van der Waals surface area contributed by atoms with Crippen LogP contribution in [0.5, 0.6) is 5.75 Å². The summed E-state index contributed by atoms with van der Waals surface area (Å²) in [6.07, 6.45) is 0. The zero-order valence-electron chi connectivity index (χ0n) is 6.74. The standard InChI is InChI=1S/C9H9O3/c1-11-9(10)7-12-8-5-3-2-4-6-8/h2-3,5-6H,7H2,1H3. The van der Waals surface area contributed by atoms with E-state index >= 15 is 0 Å². The maximum absolute atomic E-state index is 10.6.